The Morgan fingerprint density at radius 1 is 1.12 bits per heavy atom. The van der Waals surface area contributed by atoms with Gasteiger partial charge in [-0.2, -0.15) is 5.10 Å². The first-order valence-corrected chi connectivity index (χ1v) is 8.09. The van der Waals surface area contributed by atoms with E-state index in [4.69, 9.17) is 11.6 Å². The zero-order valence-electron chi connectivity index (χ0n) is 13.0. The summed E-state index contributed by atoms with van der Waals surface area (Å²) < 4.78 is 1.54. The van der Waals surface area contributed by atoms with Gasteiger partial charge in [0.15, 0.2) is 0 Å². The van der Waals surface area contributed by atoms with Crippen LogP contribution in [0.4, 0.5) is 5.69 Å². The van der Waals surface area contributed by atoms with Crippen LogP contribution in [0.2, 0.25) is 5.02 Å². The maximum Gasteiger partial charge on any atom is 0.224 e. The summed E-state index contributed by atoms with van der Waals surface area (Å²) in [6, 6.07) is 15.5. The van der Waals surface area contributed by atoms with Crippen molar-refractivity contribution in [3.63, 3.8) is 0 Å². The number of aromatic nitrogens is 3. The number of halogens is 1. The smallest absolute Gasteiger partial charge is 0.224 e. The molecule has 0 atom stereocenters. The van der Waals surface area contributed by atoms with Crippen molar-refractivity contribution in [1.29, 1.82) is 0 Å². The molecule has 0 unspecified atom stereocenters. The molecule has 6 heteroatoms. The number of carbonyl (C=O) groups is 1. The molecule has 1 aromatic heterocycles. The minimum absolute atomic E-state index is 0.0467. The number of aryl methyl sites for hydroxylation is 1. The Hall–Kier alpha value is -2.66. The van der Waals surface area contributed by atoms with Crippen molar-refractivity contribution in [1.82, 2.24) is 14.8 Å². The van der Waals surface area contributed by atoms with Crippen LogP contribution in [0.15, 0.2) is 61.2 Å². The average Bonchev–Trinajstić information content (AvgIpc) is 3.10. The molecule has 1 amide bonds. The van der Waals surface area contributed by atoms with Crippen molar-refractivity contribution in [2.75, 3.05) is 5.32 Å². The molecule has 2 aromatic carbocycles. The number of para-hydroxylation sites is 1. The third-order valence-electron chi connectivity index (χ3n) is 3.62. The topological polar surface area (TPSA) is 59.8 Å². The lowest BCUT2D eigenvalue weighted by molar-refractivity contribution is -0.116. The van der Waals surface area contributed by atoms with Gasteiger partial charge in [0.1, 0.15) is 18.3 Å². The van der Waals surface area contributed by atoms with E-state index in [1.165, 1.54) is 11.9 Å². The molecule has 3 rings (SSSR count). The summed E-state index contributed by atoms with van der Waals surface area (Å²) in [6.45, 7) is 0. The highest BCUT2D eigenvalue weighted by Crippen LogP contribution is 2.27. The van der Waals surface area contributed by atoms with Crippen LogP contribution in [0.1, 0.15) is 18.4 Å². The van der Waals surface area contributed by atoms with Crippen molar-refractivity contribution in [3.8, 4) is 5.69 Å². The predicted molar refractivity (Wildman–Crippen MR) is 94.4 cm³/mol. The predicted octanol–water partition coefficient (Wildman–Crippen LogP) is 3.88. The first kappa shape index (κ1) is 16.2. The highest BCUT2D eigenvalue weighted by Gasteiger charge is 2.12. The zero-order chi connectivity index (χ0) is 16.8. The number of hydrogen-bond acceptors (Lipinski definition) is 3. The molecule has 3 aromatic rings. The summed E-state index contributed by atoms with van der Waals surface area (Å²) in [5.74, 6) is -0.0467. The fourth-order valence-corrected chi connectivity index (χ4v) is 2.74. The highest BCUT2D eigenvalue weighted by molar-refractivity contribution is 6.33. The van der Waals surface area contributed by atoms with Crippen molar-refractivity contribution in [2.45, 2.75) is 19.3 Å². The van der Waals surface area contributed by atoms with Crippen LogP contribution in [-0.4, -0.2) is 20.7 Å². The van der Waals surface area contributed by atoms with Crippen molar-refractivity contribution in [3.05, 3.63) is 71.8 Å². The molecule has 0 aliphatic rings. The van der Waals surface area contributed by atoms with Crippen molar-refractivity contribution >= 4 is 23.2 Å². The van der Waals surface area contributed by atoms with Gasteiger partial charge in [0.2, 0.25) is 5.91 Å². The fourth-order valence-electron chi connectivity index (χ4n) is 2.48. The molecule has 1 heterocycles. The molecule has 1 N–H and O–H groups in total. The van der Waals surface area contributed by atoms with Gasteiger partial charge in [0, 0.05) is 6.42 Å². The van der Waals surface area contributed by atoms with E-state index in [1.54, 1.807) is 29.2 Å². The van der Waals surface area contributed by atoms with Crippen LogP contribution in [0.25, 0.3) is 5.69 Å². The number of amides is 1. The van der Waals surface area contributed by atoms with Gasteiger partial charge in [-0.3, -0.25) is 4.79 Å². The molecule has 0 aliphatic carbocycles. The number of benzene rings is 2. The molecule has 0 aliphatic heterocycles. The quantitative estimate of drug-likeness (QED) is 0.740. The van der Waals surface area contributed by atoms with Crippen LogP contribution in [0.5, 0.6) is 0 Å². The molecule has 0 bridgehead atoms. The van der Waals surface area contributed by atoms with Gasteiger partial charge in [0.05, 0.1) is 10.7 Å². The molecule has 5 nitrogen and oxygen atoms in total. The largest absolute Gasteiger partial charge is 0.324 e. The summed E-state index contributed by atoms with van der Waals surface area (Å²) >= 11 is 6.25. The Kier molecular flexibility index (Phi) is 5.23. The van der Waals surface area contributed by atoms with Gasteiger partial charge < -0.3 is 5.32 Å². The van der Waals surface area contributed by atoms with Crippen LogP contribution < -0.4 is 5.32 Å². The maximum atomic E-state index is 12.2. The Balaban J connectivity index is 1.64. The maximum absolute atomic E-state index is 12.2. The molecule has 0 saturated carbocycles. The van der Waals surface area contributed by atoms with Gasteiger partial charge in [0.25, 0.3) is 0 Å². The second kappa shape index (κ2) is 7.75. The summed E-state index contributed by atoms with van der Waals surface area (Å²) in [5, 5.41) is 7.50. The average molecular weight is 341 g/mol. The van der Waals surface area contributed by atoms with E-state index < -0.39 is 0 Å². The first-order valence-electron chi connectivity index (χ1n) is 7.71. The normalized spacial score (nSPS) is 10.5. The van der Waals surface area contributed by atoms with E-state index >= 15 is 0 Å². The number of nitrogens with zero attached hydrogens (tertiary/aromatic N) is 3. The van der Waals surface area contributed by atoms with Gasteiger partial charge in [-0.25, -0.2) is 9.67 Å². The molecule has 0 spiro atoms. The molecule has 122 valence electrons. The number of nitrogens with one attached hydrogen (secondary N) is 1. The third-order valence-corrected chi connectivity index (χ3v) is 3.93. The monoisotopic (exact) mass is 340 g/mol. The number of anilines is 1. The Morgan fingerprint density at radius 2 is 1.96 bits per heavy atom. The van der Waals surface area contributed by atoms with Crippen molar-refractivity contribution < 1.29 is 4.79 Å². The number of rotatable bonds is 6. The number of hydrogen-bond donors (Lipinski definition) is 1. The van der Waals surface area contributed by atoms with Crippen LogP contribution >= 0.6 is 11.6 Å². The van der Waals surface area contributed by atoms with E-state index in [1.807, 2.05) is 18.2 Å². The van der Waals surface area contributed by atoms with E-state index in [9.17, 15) is 4.79 Å². The lowest BCUT2D eigenvalue weighted by Gasteiger charge is -2.12. The summed E-state index contributed by atoms with van der Waals surface area (Å²) in [4.78, 5) is 16.2. The van der Waals surface area contributed by atoms with Crippen LogP contribution in [0, 0.1) is 0 Å². The second-order valence-corrected chi connectivity index (χ2v) is 5.77. The fraction of sp³-hybridized carbons (Fsp3) is 0.167. The minimum Gasteiger partial charge on any atom is -0.324 e. The Bertz CT molecular complexity index is 803. The minimum atomic E-state index is -0.0467. The van der Waals surface area contributed by atoms with Crippen LogP contribution in [-0.2, 0) is 11.2 Å². The lowest BCUT2D eigenvalue weighted by atomic mass is 10.1. The van der Waals surface area contributed by atoms with Gasteiger partial charge in [-0.1, -0.05) is 48.0 Å². The first-order chi connectivity index (χ1) is 11.7. The highest BCUT2D eigenvalue weighted by atomic mass is 35.5. The summed E-state index contributed by atoms with van der Waals surface area (Å²) in [5.41, 5.74) is 2.47. The molecule has 0 fully saturated rings. The van der Waals surface area contributed by atoms with Gasteiger partial charge in [-0.05, 0) is 30.5 Å². The zero-order valence-corrected chi connectivity index (χ0v) is 13.8. The third kappa shape index (κ3) is 4.00. The standard InChI is InChI=1S/C18H17ClN4O/c19-15-9-5-10-16(18(15)23-13-20-12-21-23)22-17(24)11-4-8-14-6-2-1-3-7-14/h1-3,5-7,9-10,12-13H,4,8,11H2,(H,22,24). The molecule has 0 radical (unpaired) electrons. The van der Waals surface area contributed by atoms with E-state index in [2.05, 4.69) is 27.5 Å². The summed E-state index contributed by atoms with van der Waals surface area (Å²) in [6.07, 6.45) is 5.08. The molecule has 24 heavy (non-hydrogen) atoms. The van der Waals surface area contributed by atoms with E-state index in [0.29, 0.717) is 22.8 Å². The van der Waals surface area contributed by atoms with Crippen LogP contribution in [0.3, 0.4) is 0 Å². The van der Waals surface area contributed by atoms with Crippen molar-refractivity contribution in [2.24, 2.45) is 0 Å². The lowest BCUT2D eigenvalue weighted by Crippen LogP contribution is -2.14. The van der Waals surface area contributed by atoms with E-state index in [0.717, 1.165) is 12.8 Å². The van der Waals surface area contributed by atoms with Gasteiger partial charge in [-0.15, -0.1) is 0 Å². The molecular formula is C18H17ClN4O. The second-order valence-electron chi connectivity index (χ2n) is 5.36. The summed E-state index contributed by atoms with van der Waals surface area (Å²) in [7, 11) is 0. The SMILES string of the molecule is O=C(CCCc1ccccc1)Nc1cccc(Cl)c1-n1cncn1. The molecule has 0 saturated heterocycles. The number of carbonyl (C=O) groups excluding carboxylic acids is 1. The molecular weight excluding hydrogens is 324 g/mol. The van der Waals surface area contributed by atoms with Gasteiger partial charge >= 0.3 is 0 Å². The van der Waals surface area contributed by atoms with E-state index in [-0.39, 0.29) is 5.91 Å². The Labute approximate surface area is 145 Å². The Morgan fingerprint density at radius 3 is 2.71 bits per heavy atom.